The van der Waals surface area contributed by atoms with Crippen LogP contribution in [0.4, 0.5) is 0 Å². The van der Waals surface area contributed by atoms with Gasteiger partial charge >= 0.3 is 0 Å². The highest BCUT2D eigenvalue weighted by molar-refractivity contribution is 9.10. The van der Waals surface area contributed by atoms with Crippen LogP contribution in [0.15, 0.2) is 10.5 Å². The first-order chi connectivity index (χ1) is 7.65. The molecule has 3 nitrogen and oxygen atoms in total. The van der Waals surface area contributed by atoms with Crippen LogP contribution in [0.25, 0.3) is 0 Å². The first kappa shape index (κ1) is 13.3. The molecule has 0 aromatic heterocycles. The van der Waals surface area contributed by atoms with E-state index in [0.29, 0.717) is 6.54 Å². The van der Waals surface area contributed by atoms with E-state index in [1.54, 1.807) is 14.2 Å². The van der Waals surface area contributed by atoms with Crippen LogP contribution in [0, 0.1) is 6.92 Å². The van der Waals surface area contributed by atoms with E-state index in [1.165, 1.54) is 0 Å². The van der Waals surface area contributed by atoms with Crippen LogP contribution in [-0.4, -0.2) is 20.8 Å². The molecular formula is C12H18BrNO2. The van der Waals surface area contributed by atoms with Crippen molar-refractivity contribution in [2.45, 2.75) is 19.8 Å². The summed E-state index contributed by atoms with van der Waals surface area (Å²) in [6.07, 6.45) is 1.87. The predicted octanol–water partition coefficient (Wildman–Crippen LogP) is 2.67. The van der Waals surface area contributed by atoms with Crippen molar-refractivity contribution in [2.24, 2.45) is 5.73 Å². The standard InChI is InChI=1S/C12H18BrNO2/c1-8-7-9(5-4-6-14)12(16-3)10(13)11(8)15-2/h7H,4-6,14H2,1-3H3. The van der Waals surface area contributed by atoms with E-state index in [9.17, 15) is 0 Å². The Kier molecular flexibility index (Phi) is 5.09. The molecule has 90 valence electrons. The zero-order valence-electron chi connectivity index (χ0n) is 9.97. The first-order valence-electron chi connectivity index (χ1n) is 5.25. The summed E-state index contributed by atoms with van der Waals surface area (Å²) in [5, 5.41) is 0. The minimum Gasteiger partial charge on any atom is -0.495 e. The van der Waals surface area contributed by atoms with E-state index in [1.807, 2.05) is 6.92 Å². The van der Waals surface area contributed by atoms with Gasteiger partial charge in [-0.25, -0.2) is 0 Å². The van der Waals surface area contributed by atoms with Gasteiger partial charge in [-0.2, -0.15) is 0 Å². The molecule has 0 unspecified atom stereocenters. The number of nitrogens with two attached hydrogens (primary N) is 1. The van der Waals surface area contributed by atoms with Gasteiger partial charge in [0, 0.05) is 0 Å². The second kappa shape index (κ2) is 6.11. The summed E-state index contributed by atoms with van der Waals surface area (Å²) < 4.78 is 11.6. The SMILES string of the molecule is COc1c(C)cc(CCCN)c(OC)c1Br. The van der Waals surface area contributed by atoms with E-state index in [2.05, 4.69) is 22.0 Å². The van der Waals surface area contributed by atoms with Crippen molar-refractivity contribution in [1.29, 1.82) is 0 Å². The summed E-state index contributed by atoms with van der Waals surface area (Å²) in [4.78, 5) is 0. The Balaban J connectivity index is 3.18. The molecule has 4 heteroatoms. The van der Waals surface area contributed by atoms with Crippen LogP contribution in [0.3, 0.4) is 0 Å². The fourth-order valence-corrected chi connectivity index (χ4v) is 2.65. The van der Waals surface area contributed by atoms with Gasteiger partial charge in [0.15, 0.2) is 0 Å². The fourth-order valence-electron chi connectivity index (χ4n) is 1.76. The number of benzene rings is 1. The molecule has 0 aliphatic rings. The lowest BCUT2D eigenvalue weighted by Gasteiger charge is -2.15. The molecule has 0 aliphatic heterocycles. The Hall–Kier alpha value is -0.740. The third kappa shape index (κ3) is 2.68. The summed E-state index contributed by atoms with van der Waals surface area (Å²) in [5.41, 5.74) is 7.79. The molecule has 1 aromatic carbocycles. The second-order valence-electron chi connectivity index (χ2n) is 3.63. The van der Waals surface area contributed by atoms with Crippen LogP contribution >= 0.6 is 15.9 Å². The zero-order chi connectivity index (χ0) is 12.1. The largest absolute Gasteiger partial charge is 0.495 e. The summed E-state index contributed by atoms with van der Waals surface area (Å²) in [7, 11) is 3.33. The van der Waals surface area contributed by atoms with E-state index >= 15 is 0 Å². The Morgan fingerprint density at radius 3 is 2.38 bits per heavy atom. The highest BCUT2D eigenvalue weighted by atomic mass is 79.9. The van der Waals surface area contributed by atoms with Crippen molar-refractivity contribution in [3.05, 3.63) is 21.7 Å². The maximum absolute atomic E-state index is 5.52. The summed E-state index contributed by atoms with van der Waals surface area (Å²) in [5.74, 6) is 1.67. The van der Waals surface area contributed by atoms with Crippen molar-refractivity contribution in [1.82, 2.24) is 0 Å². The van der Waals surface area contributed by atoms with E-state index in [0.717, 1.165) is 39.9 Å². The van der Waals surface area contributed by atoms with Gasteiger partial charge < -0.3 is 15.2 Å². The van der Waals surface area contributed by atoms with Gasteiger partial charge in [-0.1, -0.05) is 0 Å². The van der Waals surface area contributed by atoms with Crippen molar-refractivity contribution >= 4 is 15.9 Å². The molecule has 0 fully saturated rings. The first-order valence-corrected chi connectivity index (χ1v) is 6.05. The molecule has 1 aromatic rings. The van der Waals surface area contributed by atoms with Gasteiger partial charge in [-0.05, 0) is 59.4 Å². The maximum Gasteiger partial charge on any atom is 0.140 e. The highest BCUT2D eigenvalue weighted by Crippen LogP contribution is 2.40. The summed E-state index contributed by atoms with van der Waals surface area (Å²) in [6, 6.07) is 2.10. The van der Waals surface area contributed by atoms with E-state index in [-0.39, 0.29) is 0 Å². The summed E-state index contributed by atoms with van der Waals surface area (Å²) >= 11 is 3.51. The molecule has 0 aliphatic carbocycles. The monoisotopic (exact) mass is 287 g/mol. The minimum absolute atomic E-state index is 0.686. The van der Waals surface area contributed by atoms with Crippen LogP contribution in [-0.2, 0) is 6.42 Å². The third-order valence-electron chi connectivity index (χ3n) is 2.50. The quantitative estimate of drug-likeness (QED) is 0.906. The molecular weight excluding hydrogens is 270 g/mol. The number of aryl methyl sites for hydroxylation is 2. The van der Waals surface area contributed by atoms with Crippen LogP contribution in [0.5, 0.6) is 11.5 Å². The molecule has 0 heterocycles. The maximum atomic E-state index is 5.52. The van der Waals surface area contributed by atoms with Crippen molar-refractivity contribution < 1.29 is 9.47 Å². The Labute approximate surface area is 105 Å². The van der Waals surface area contributed by atoms with Crippen molar-refractivity contribution in [3.8, 4) is 11.5 Å². The summed E-state index contributed by atoms with van der Waals surface area (Å²) in [6.45, 7) is 2.71. The Morgan fingerprint density at radius 2 is 1.88 bits per heavy atom. The number of hydrogen-bond acceptors (Lipinski definition) is 3. The molecule has 16 heavy (non-hydrogen) atoms. The Bertz CT molecular complexity index is 367. The van der Waals surface area contributed by atoms with E-state index < -0.39 is 0 Å². The lowest BCUT2D eigenvalue weighted by molar-refractivity contribution is 0.384. The van der Waals surface area contributed by atoms with Gasteiger partial charge in [0.2, 0.25) is 0 Å². The van der Waals surface area contributed by atoms with Gasteiger partial charge in [0.25, 0.3) is 0 Å². The van der Waals surface area contributed by atoms with Crippen molar-refractivity contribution in [2.75, 3.05) is 20.8 Å². The molecule has 0 bridgehead atoms. The molecule has 0 saturated heterocycles. The topological polar surface area (TPSA) is 44.5 Å². The number of methoxy groups -OCH3 is 2. The van der Waals surface area contributed by atoms with Gasteiger partial charge in [0.05, 0.1) is 14.2 Å². The number of ether oxygens (including phenoxy) is 2. The lowest BCUT2D eigenvalue weighted by Crippen LogP contribution is -2.03. The van der Waals surface area contributed by atoms with Crippen LogP contribution < -0.4 is 15.2 Å². The zero-order valence-corrected chi connectivity index (χ0v) is 11.6. The molecule has 2 N–H and O–H groups in total. The van der Waals surface area contributed by atoms with Crippen LogP contribution in [0.2, 0.25) is 0 Å². The number of rotatable bonds is 5. The molecule has 0 saturated carbocycles. The minimum atomic E-state index is 0.686. The smallest absolute Gasteiger partial charge is 0.140 e. The van der Waals surface area contributed by atoms with Gasteiger partial charge in [0.1, 0.15) is 16.0 Å². The van der Waals surface area contributed by atoms with Crippen LogP contribution in [0.1, 0.15) is 17.5 Å². The normalized spacial score (nSPS) is 10.3. The lowest BCUT2D eigenvalue weighted by atomic mass is 10.0. The fraction of sp³-hybridized carbons (Fsp3) is 0.500. The van der Waals surface area contributed by atoms with E-state index in [4.69, 9.17) is 15.2 Å². The average molecular weight is 288 g/mol. The second-order valence-corrected chi connectivity index (χ2v) is 4.42. The molecule has 0 radical (unpaired) electrons. The van der Waals surface area contributed by atoms with Gasteiger partial charge in [-0.3, -0.25) is 0 Å². The molecule has 1 rings (SSSR count). The molecule has 0 atom stereocenters. The molecule has 0 spiro atoms. The third-order valence-corrected chi connectivity index (χ3v) is 3.22. The average Bonchev–Trinajstić information content (AvgIpc) is 2.26. The molecule has 0 amide bonds. The predicted molar refractivity (Wildman–Crippen MR) is 69.4 cm³/mol. The Morgan fingerprint density at radius 1 is 1.25 bits per heavy atom. The van der Waals surface area contributed by atoms with Crippen molar-refractivity contribution in [3.63, 3.8) is 0 Å². The highest BCUT2D eigenvalue weighted by Gasteiger charge is 2.15. The van der Waals surface area contributed by atoms with Gasteiger partial charge in [-0.15, -0.1) is 0 Å². The number of hydrogen-bond donors (Lipinski definition) is 1. The number of halogens is 1.